The molecule has 8 heteroatoms. The van der Waals surface area contributed by atoms with Gasteiger partial charge in [0.25, 0.3) is 10.2 Å². The number of nitriles is 1. The van der Waals surface area contributed by atoms with Gasteiger partial charge in [0.1, 0.15) is 18.4 Å². The second-order valence-electron chi connectivity index (χ2n) is 7.51. The van der Waals surface area contributed by atoms with E-state index >= 15 is 0 Å². The van der Waals surface area contributed by atoms with Crippen molar-refractivity contribution in [3.05, 3.63) is 29.8 Å². The Kier molecular flexibility index (Phi) is 7.30. The molecule has 1 saturated heterocycles. The molecule has 0 radical (unpaired) electrons. The van der Waals surface area contributed by atoms with Crippen molar-refractivity contribution < 1.29 is 13.2 Å². The molecule has 1 aromatic rings. The van der Waals surface area contributed by atoms with Crippen molar-refractivity contribution in [2.24, 2.45) is 0 Å². The average molecular weight is 407 g/mol. The molecule has 1 aliphatic carbocycles. The highest BCUT2D eigenvalue weighted by Gasteiger charge is 2.34. The van der Waals surface area contributed by atoms with E-state index in [2.05, 4.69) is 11.0 Å². The molecular formula is C20H30N4O3S. The van der Waals surface area contributed by atoms with Gasteiger partial charge in [0.2, 0.25) is 0 Å². The van der Waals surface area contributed by atoms with Crippen LogP contribution in [0.1, 0.15) is 37.7 Å². The van der Waals surface area contributed by atoms with Crippen molar-refractivity contribution in [1.82, 2.24) is 13.5 Å². The third kappa shape index (κ3) is 5.03. The first-order valence-corrected chi connectivity index (χ1v) is 11.5. The van der Waals surface area contributed by atoms with Crippen LogP contribution in [-0.4, -0.2) is 74.3 Å². The van der Waals surface area contributed by atoms with Gasteiger partial charge in [-0.2, -0.15) is 22.3 Å². The number of rotatable bonds is 7. The van der Waals surface area contributed by atoms with E-state index in [0.717, 1.165) is 25.7 Å². The predicted molar refractivity (Wildman–Crippen MR) is 108 cm³/mol. The van der Waals surface area contributed by atoms with Gasteiger partial charge < -0.3 is 4.74 Å². The Balaban J connectivity index is 1.45. The molecule has 0 spiro atoms. The standard InChI is InChI=1S/C20H30N4O3S/c1-22(19-8-3-2-4-9-19)28(25,26)24-13-11-23(12-14-24)15-16-27-20-10-6-5-7-18(20)17-21/h5-7,10,19H,2-4,8-9,11-16H2,1H3. The molecule has 1 aliphatic heterocycles. The van der Waals surface area contributed by atoms with E-state index in [-0.39, 0.29) is 6.04 Å². The Morgan fingerprint density at radius 2 is 1.82 bits per heavy atom. The molecule has 1 saturated carbocycles. The normalized spacial score (nSPS) is 20.2. The zero-order valence-corrected chi connectivity index (χ0v) is 17.4. The zero-order valence-electron chi connectivity index (χ0n) is 16.6. The monoisotopic (exact) mass is 406 g/mol. The van der Waals surface area contributed by atoms with Crippen LogP contribution in [0.3, 0.4) is 0 Å². The average Bonchev–Trinajstić information content (AvgIpc) is 2.74. The summed E-state index contributed by atoms with van der Waals surface area (Å²) in [6.07, 6.45) is 5.39. The van der Waals surface area contributed by atoms with Crippen LogP contribution in [0.4, 0.5) is 0 Å². The number of ether oxygens (including phenoxy) is 1. The Morgan fingerprint density at radius 3 is 2.50 bits per heavy atom. The topological polar surface area (TPSA) is 76.9 Å². The van der Waals surface area contributed by atoms with E-state index in [9.17, 15) is 8.42 Å². The lowest BCUT2D eigenvalue weighted by atomic mass is 9.96. The summed E-state index contributed by atoms with van der Waals surface area (Å²) >= 11 is 0. The third-order valence-electron chi connectivity index (χ3n) is 5.78. The fourth-order valence-corrected chi connectivity index (χ4v) is 5.55. The number of hydrogen-bond acceptors (Lipinski definition) is 5. The van der Waals surface area contributed by atoms with E-state index in [1.54, 1.807) is 27.8 Å². The molecule has 1 heterocycles. The maximum Gasteiger partial charge on any atom is 0.282 e. The number of piperazine rings is 1. The lowest BCUT2D eigenvalue weighted by Gasteiger charge is -2.38. The Bertz CT molecular complexity index is 779. The van der Waals surface area contributed by atoms with Gasteiger partial charge in [0.15, 0.2) is 0 Å². The van der Waals surface area contributed by atoms with E-state index in [4.69, 9.17) is 10.00 Å². The minimum absolute atomic E-state index is 0.144. The summed E-state index contributed by atoms with van der Waals surface area (Å²) in [5, 5.41) is 9.10. The van der Waals surface area contributed by atoms with E-state index in [1.807, 2.05) is 12.1 Å². The number of hydrogen-bond donors (Lipinski definition) is 0. The minimum atomic E-state index is -3.38. The Hall–Kier alpha value is -1.66. The fourth-order valence-electron chi connectivity index (χ4n) is 3.97. The molecule has 3 rings (SSSR count). The van der Waals surface area contributed by atoms with Crippen LogP contribution in [0.5, 0.6) is 5.75 Å². The molecule has 0 aromatic heterocycles. The van der Waals surface area contributed by atoms with Crippen molar-refractivity contribution in [3.63, 3.8) is 0 Å². The highest BCUT2D eigenvalue weighted by Crippen LogP contribution is 2.25. The third-order valence-corrected chi connectivity index (χ3v) is 7.83. The quantitative estimate of drug-likeness (QED) is 0.693. The van der Waals surface area contributed by atoms with E-state index in [0.29, 0.717) is 50.6 Å². The van der Waals surface area contributed by atoms with E-state index < -0.39 is 10.2 Å². The van der Waals surface area contributed by atoms with Crippen LogP contribution in [-0.2, 0) is 10.2 Å². The summed E-state index contributed by atoms with van der Waals surface area (Å²) in [6.45, 7) is 3.60. The van der Waals surface area contributed by atoms with Gasteiger partial charge >= 0.3 is 0 Å². The Labute approximate surface area is 168 Å². The lowest BCUT2D eigenvalue weighted by molar-refractivity contribution is 0.152. The molecule has 0 unspecified atom stereocenters. The summed E-state index contributed by atoms with van der Waals surface area (Å²) in [5.41, 5.74) is 0.532. The fraction of sp³-hybridized carbons (Fsp3) is 0.650. The maximum atomic E-state index is 12.9. The molecule has 28 heavy (non-hydrogen) atoms. The summed E-state index contributed by atoms with van der Waals surface area (Å²) in [5.74, 6) is 0.598. The van der Waals surface area contributed by atoms with Crippen LogP contribution in [0.2, 0.25) is 0 Å². The van der Waals surface area contributed by atoms with Crippen LogP contribution in [0.15, 0.2) is 24.3 Å². The molecule has 0 atom stereocenters. The first-order chi connectivity index (χ1) is 13.5. The van der Waals surface area contributed by atoms with E-state index in [1.165, 1.54) is 6.42 Å². The van der Waals surface area contributed by atoms with Crippen LogP contribution >= 0.6 is 0 Å². The first-order valence-electron chi connectivity index (χ1n) is 10.1. The van der Waals surface area contributed by atoms with Crippen molar-refractivity contribution in [3.8, 4) is 11.8 Å². The second-order valence-corrected chi connectivity index (χ2v) is 9.50. The van der Waals surface area contributed by atoms with Gasteiger partial charge in [0, 0.05) is 45.8 Å². The second kappa shape index (κ2) is 9.70. The van der Waals surface area contributed by atoms with Crippen molar-refractivity contribution in [1.29, 1.82) is 5.26 Å². The molecule has 7 nitrogen and oxygen atoms in total. The summed E-state index contributed by atoms with van der Waals surface area (Å²) in [7, 11) is -1.65. The smallest absolute Gasteiger partial charge is 0.282 e. The van der Waals surface area contributed by atoms with Crippen molar-refractivity contribution >= 4 is 10.2 Å². The molecule has 154 valence electrons. The molecule has 2 fully saturated rings. The number of nitrogens with zero attached hydrogens (tertiary/aromatic N) is 4. The van der Waals surface area contributed by atoms with Gasteiger partial charge in [-0.05, 0) is 25.0 Å². The van der Waals surface area contributed by atoms with Gasteiger partial charge in [-0.25, -0.2) is 0 Å². The lowest BCUT2D eigenvalue weighted by Crippen LogP contribution is -2.54. The zero-order chi connectivity index (χ0) is 20.0. The van der Waals surface area contributed by atoms with Crippen molar-refractivity contribution in [2.45, 2.75) is 38.1 Å². The Morgan fingerprint density at radius 1 is 1.14 bits per heavy atom. The van der Waals surface area contributed by atoms with Gasteiger partial charge in [-0.15, -0.1) is 0 Å². The number of para-hydroxylation sites is 1. The maximum absolute atomic E-state index is 12.9. The van der Waals surface area contributed by atoms with Crippen LogP contribution < -0.4 is 4.74 Å². The van der Waals surface area contributed by atoms with Gasteiger partial charge in [-0.3, -0.25) is 4.90 Å². The summed E-state index contributed by atoms with van der Waals surface area (Å²) in [6, 6.07) is 9.47. The van der Waals surface area contributed by atoms with Crippen molar-refractivity contribution in [2.75, 3.05) is 46.4 Å². The minimum Gasteiger partial charge on any atom is -0.491 e. The largest absolute Gasteiger partial charge is 0.491 e. The molecule has 0 bridgehead atoms. The molecular weight excluding hydrogens is 376 g/mol. The SMILES string of the molecule is CN(C1CCCCC1)S(=O)(=O)N1CCN(CCOc2ccccc2C#N)CC1. The first kappa shape index (κ1) is 21.1. The van der Waals surface area contributed by atoms with Crippen LogP contribution in [0, 0.1) is 11.3 Å². The van der Waals surface area contributed by atoms with Gasteiger partial charge in [0.05, 0.1) is 5.56 Å². The highest BCUT2D eigenvalue weighted by molar-refractivity contribution is 7.86. The molecule has 1 aromatic carbocycles. The van der Waals surface area contributed by atoms with Crippen LogP contribution in [0.25, 0.3) is 0 Å². The predicted octanol–water partition coefficient (Wildman–Crippen LogP) is 2.06. The summed E-state index contributed by atoms with van der Waals surface area (Å²) < 4.78 is 34.8. The molecule has 2 aliphatic rings. The number of benzene rings is 1. The highest BCUT2D eigenvalue weighted by atomic mass is 32.2. The molecule has 0 N–H and O–H groups in total. The molecule has 0 amide bonds. The summed E-state index contributed by atoms with van der Waals surface area (Å²) in [4.78, 5) is 2.21. The van der Waals surface area contributed by atoms with Gasteiger partial charge in [-0.1, -0.05) is 31.4 Å².